The van der Waals surface area contributed by atoms with Crippen LogP contribution in [0.25, 0.3) is 10.9 Å². The number of carbonyl (C=O) groups is 2. The molecular formula is C22H21N3O3. The molecule has 2 N–H and O–H groups in total. The van der Waals surface area contributed by atoms with Gasteiger partial charge in [-0.25, -0.2) is 9.78 Å². The number of aromatic nitrogens is 1. The maximum Gasteiger partial charge on any atom is 0.336 e. The van der Waals surface area contributed by atoms with Crippen LogP contribution in [-0.2, 0) is 0 Å². The highest BCUT2D eigenvalue weighted by atomic mass is 16.4. The van der Waals surface area contributed by atoms with Crippen molar-refractivity contribution in [3.63, 3.8) is 0 Å². The summed E-state index contributed by atoms with van der Waals surface area (Å²) in [7, 11) is 0. The van der Waals surface area contributed by atoms with Gasteiger partial charge in [0.15, 0.2) is 0 Å². The lowest BCUT2D eigenvalue weighted by Crippen LogP contribution is -2.30. The van der Waals surface area contributed by atoms with Crippen molar-refractivity contribution < 1.29 is 14.7 Å². The Bertz CT molecular complexity index is 1030. The van der Waals surface area contributed by atoms with Crippen LogP contribution in [0.5, 0.6) is 0 Å². The van der Waals surface area contributed by atoms with E-state index in [4.69, 9.17) is 0 Å². The van der Waals surface area contributed by atoms with Crippen LogP contribution >= 0.6 is 0 Å². The molecule has 1 aliphatic heterocycles. The first-order chi connectivity index (χ1) is 13.6. The second-order valence-electron chi connectivity index (χ2n) is 6.93. The van der Waals surface area contributed by atoms with Crippen LogP contribution < -0.4 is 10.2 Å². The van der Waals surface area contributed by atoms with Gasteiger partial charge in [0.25, 0.3) is 5.91 Å². The molecule has 1 aliphatic rings. The summed E-state index contributed by atoms with van der Waals surface area (Å²) >= 11 is 0. The van der Waals surface area contributed by atoms with Gasteiger partial charge in [-0.1, -0.05) is 18.2 Å². The van der Waals surface area contributed by atoms with Crippen LogP contribution in [0.3, 0.4) is 0 Å². The van der Waals surface area contributed by atoms with E-state index in [2.05, 4.69) is 15.2 Å². The maximum absolute atomic E-state index is 12.4. The van der Waals surface area contributed by atoms with Crippen LogP contribution in [0.4, 0.5) is 11.5 Å². The highest BCUT2D eigenvalue weighted by Gasteiger charge is 2.18. The summed E-state index contributed by atoms with van der Waals surface area (Å²) in [6.07, 6.45) is 3.37. The van der Waals surface area contributed by atoms with E-state index in [0.717, 1.165) is 25.9 Å². The summed E-state index contributed by atoms with van der Waals surface area (Å²) in [6, 6.07) is 15.7. The van der Waals surface area contributed by atoms with Gasteiger partial charge >= 0.3 is 5.97 Å². The third kappa shape index (κ3) is 3.67. The SMILES string of the molecule is O=C(Nc1ccc2nc(N3CCCCC3)cc(C(=O)O)c2c1)c1ccccc1. The summed E-state index contributed by atoms with van der Waals surface area (Å²) < 4.78 is 0. The molecule has 0 bridgehead atoms. The Morgan fingerprint density at radius 2 is 1.71 bits per heavy atom. The summed E-state index contributed by atoms with van der Waals surface area (Å²) in [6.45, 7) is 1.78. The van der Waals surface area contributed by atoms with E-state index in [1.165, 1.54) is 6.42 Å². The standard InChI is InChI=1S/C22H21N3O3/c26-21(15-7-3-1-4-8-15)23-16-9-10-19-17(13-16)18(22(27)28)14-20(24-19)25-11-5-2-6-12-25/h1,3-4,7-10,13-14H,2,5-6,11-12H2,(H,23,26)(H,27,28). The van der Waals surface area contributed by atoms with Crippen molar-refractivity contribution >= 4 is 34.3 Å². The van der Waals surface area contributed by atoms with Gasteiger partial charge in [0.1, 0.15) is 5.82 Å². The first kappa shape index (κ1) is 18.0. The van der Waals surface area contributed by atoms with Crippen molar-refractivity contribution in [1.29, 1.82) is 0 Å². The number of fused-ring (bicyclic) bond motifs is 1. The van der Waals surface area contributed by atoms with Crippen LogP contribution in [0, 0.1) is 0 Å². The summed E-state index contributed by atoms with van der Waals surface area (Å²) in [5, 5.41) is 13.1. The minimum Gasteiger partial charge on any atom is -0.478 e. The summed E-state index contributed by atoms with van der Waals surface area (Å²) in [5.41, 5.74) is 1.88. The number of carboxylic acids is 1. The number of benzene rings is 2. The molecule has 6 nitrogen and oxygen atoms in total. The third-order valence-electron chi connectivity index (χ3n) is 5.00. The number of nitrogens with one attached hydrogen (secondary N) is 1. The third-order valence-corrected chi connectivity index (χ3v) is 5.00. The van der Waals surface area contributed by atoms with E-state index in [9.17, 15) is 14.7 Å². The van der Waals surface area contributed by atoms with E-state index in [1.807, 2.05) is 6.07 Å². The van der Waals surface area contributed by atoms with Crippen molar-refractivity contribution in [3.8, 4) is 0 Å². The molecule has 1 fully saturated rings. The first-order valence-electron chi connectivity index (χ1n) is 9.41. The highest BCUT2D eigenvalue weighted by molar-refractivity contribution is 6.08. The lowest BCUT2D eigenvalue weighted by Gasteiger charge is -2.28. The number of rotatable bonds is 4. The Labute approximate surface area is 162 Å². The minimum atomic E-state index is -1.00. The topological polar surface area (TPSA) is 82.5 Å². The molecule has 1 saturated heterocycles. The lowest BCUT2D eigenvalue weighted by atomic mass is 10.1. The zero-order valence-electron chi connectivity index (χ0n) is 15.4. The monoisotopic (exact) mass is 375 g/mol. The summed E-state index contributed by atoms with van der Waals surface area (Å²) in [5.74, 6) is -0.544. The number of aromatic carboxylic acids is 1. The normalized spacial score (nSPS) is 14.1. The van der Waals surface area contributed by atoms with Gasteiger partial charge in [0.2, 0.25) is 0 Å². The van der Waals surface area contributed by atoms with Gasteiger partial charge in [-0.15, -0.1) is 0 Å². The van der Waals surface area contributed by atoms with Gasteiger partial charge in [-0.2, -0.15) is 0 Å². The van der Waals surface area contributed by atoms with Crippen LogP contribution in [0.2, 0.25) is 0 Å². The number of hydrogen-bond donors (Lipinski definition) is 2. The predicted octanol–water partition coefficient (Wildman–Crippen LogP) is 4.18. The average Bonchev–Trinajstić information content (AvgIpc) is 2.74. The Balaban J connectivity index is 1.69. The molecule has 1 amide bonds. The van der Waals surface area contributed by atoms with Crippen molar-refractivity contribution in [2.24, 2.45) is 0 Å². The summed E-state index contributed by atoms with van der Waals surface area (Å²) in [4.78, 5) is 31.1. The molecule has 4 rings (SSSR count). The van der Waals surface area contributed by atoms with Crippen molar-refractivity contribution in [2.45, 2.75) is 19.3 Å². The van der Waals surface area contributed by atoms with Gasteiger partial charge in [0, 0.05) is 29.7 Å². The molecule has 0 saturated carbocycles. The number of amides is 1. The molecule has 0 unspecified atom stereocenters. The van der Waals surface area contributed by atoms with Gasteiger partial charge in [-0.3, -0.25) is 4.79 Å². The number of carboxylic acid groups (broad SMARTS) is 1. The van der Waals surface area contributed by atoms with E-state index in [1.54, 1.807) is 48.5 Å². The largest absolute Gasteiger partial charge is 0.478 e. The molecular weight excluding hydrogens is 354 g/mol. The molecule has 142 valence electrons. The number of carbonyl (C=O) groups excluding carboxylic acids is 1. The molecule has 2 aromatic carbocycles. The fourth-order valence-corrected chi connectivity index (χ4v) is 3.54. The molecule has 28 heavy (non-hydrogen) atoms. The van der Waals surface area contributed by atoms with E-state index in [-0.39, 0.29) is 11.5 Å². The molecule has 0 aliphatic carbocycles. The van der Waals surface area contributed by atoms with Crippen molar-refractivity contribution in [2.75, 3.05) is 23.3 Å². The number of anilines is 2. The fraction of sp³-hybridized carbons (Fsp3) is 0.227. The van der Waals surface area contributed by atoms with Gasteiger partial charge in [0.05, 0.1) is 11.1 Å². The Kier molecular flexibility index (Phi) is 4.93. The quantitative estimate of drug-likeness (QED) is 0.715. The van der Waals surface area contributed by atoms with Crippen LogP contribution in [0.1, 0.15) is 40.0 Å². The molecule has 2 heterocycles. The smallest absolute Gasteiger partial charge is 0.336 e. The first-order valence-corrected chi connectivity index (χ1v) is 9.41. The van der Waals surface area contributed by atoms with Gasteiger partial charge in [-0.05, 0) is 55.7 Å². The van der Waals surface area contributed by atoms with Crippen LogP contribution in [0.15, 0.2) is 54.6 Å². The zero-order valence-corrected chi connectivity index (χ0v) is 15.4. The molecule has 1 aromatic heterocycles. The minimum absolute atomic E-state index is 0.196. The maximum atomic E-state index is 12.4. The van der Waals surface area contributed by atoms with E-state index in [0.29, 0.717) is 28.0 Å². The van der Waals surface area contributed by atoms with E-state index >= 15 is 0 Å². The number of hydrogen-bond acceptors (Lipinski definition) is 4. The Hall–Kier alpha value is -3.41. The molecule has 0 radical (unpaired) electrons. The zero-order chi connectivity index (χ0) is 19.5. The second kappa shape index (κ2) is 7.68. The number of nitrogens with zero attached hydrogens (tertiary/aromatic N) is 2. The van der Waals surface area contributed by atoms with Crippen molar-refractivity contribution in [3.05, 3.63) is 65.7 Å². The number of piperidine rings is 1. The molecule has 0 spiro atoms. The number of pyridine rings is 1. The average molecular weight is 375 g/mol. The lowest BCUT2D eigenvalue weighted by molar-refractivity contribution is 0.0698. The molecule has 0 atom stereocenters. The van der Waals surface area contributed by atoms with E-state index < -0.39 is 5.97 Å². The molecule has 3 aromatic rings. The van der Waals surface area contributed by atoms with Crippen molar-refractivity contribution in [1.82, 2.24) is 4.98 Å². The highest BCUT2D eigenvalue weighted by Crippen LogP contribution is 2.27. The van der Waals surface area contributed by atoms with Gasteiger partial charge < -0.3 is 15.3 Å². The predicted molar refractivity (Wildman–Crippen MR) is 109 cm³/mol. The second-order valence-corrected chi connectivity index (χ2v) is 6.93. The Morgan fingerprint density at radius 1 is 0.964 bits per heavy atom. The molecule has 6 heteroatoms. The Morgan fingerprint density at radius 3 is 2.43 bits per heavy atom. The fourth-order valence-electron chi connectivity index (χ4n) is 3.54. The van der Waals surface area contributed by atoms with Crippen LogP contribution in [-0.4, -0.2) is 35.1 Å².